The molecule has 0 spiro atoms. The maximum atomic E-state index is 11.3. The van der Waals surface area contributed by atoms with Gasteiger partial charge in [0.1, 0.15) is 0 Å². The molecular formula is C13H28NO5P. The Morgan fingerprint density at radius 3 is 2.05 bits per heavy atom. The zero-order valence-electron chi connectivity index (χ0n) is 12.6. The van der Waals surface area contributed by atoms with Gasteiger partial charge in [0.25, 0.3) is 0 Å². The van der Waals surface area contributed by atoms with E-state index in [0.29, 0.717) is 6.42 Å². The predicted molar refractivity (Wildman–Crippen MR) is 77.9 cm³/mol. The highest BCUT2D eigenvalue weighted by Gasteiger charge is 2.25. The van der Waals surface area contributed by atoms with Gasteiger partial charge in [0.05, 0.1) is 0 Å². The van der Waals surface area contributed by atoms with Gasteiger partial charge in [-0.05, 0) is 6.42 Å². The van der Waals surface area contributed by atoms with Crippen LogP contribution < -0.4 is 5.48 Å². The third kappa shape index (κ3) is 12.6. The molecule has 2 N–H and O–H groups in total. The third-order valence-electron chi connectivity index (χ3n) is 2.91. The van der Waals surface area contributed by atoms with Crippen LogP contribution in [0.25, 0.3) is 0 Å². The summed E-state index contributed by atoms with van der Waals surface area (Å²) in [5.41, 5.74) is 2.03. The molecule has 0 radical (unpaired) electrons. The molecule has 7 heteroatoms. The number of unbranched alkanes of at least 4 members (excludes halogenated alkanes) is 8. The fourth-order valence-electron chi connectivity index (χ4n) is 1.89. The van der Waals surface area contributed by atoms with Crippen LogP contribution in [0.2, 0.25) is 0 Å². The van der Waals surface area contributed by atoms with E-state index in [1.807, 2.05) is 5.48 Å². The van der Waals surface area contributed by atoms with Crippen LogP contribution >= 0.6 is 7.82 Å². The molecule has 0 saturated carbocycles. The lowest BCUT2D eigenvalue weighted by atomic mass is 10.1. The SMILES string of the molecule is CCCCCCCCCCCC(=O)OP(=O)(O)ONC. The largest absolute Gasteiger partial charge is 0.546 e. The second kappa shape index (κ2) is 12.3. The van der Waals surface area contributed by atoms with Crippen molar-refractivity contribution in [1.82, 2.24) is 5.48 Å². The van der Waals surface area contributed by atoms with Crippen LogP contribution in [0.4, 0.5) is 0 Å². The predicted octanol–water partition coefficient (Wildman–Crippen LogP) is 3.70. The summed E-state index contributed by atoms with van der Waals surface area (Å²) in [6.07, 6.45) is 10.4. The maximum Gasteiger partial charge on any atom is 0.546 e. The van der Waals surface area contributed by atoms with Gasteiger partial charge in [0.2, 0.25) is 0 Å². The molecule has 0 amide bonds. The summed E-state index contributed by atoms with van der Waals surface area (Å²) in [4.78, 5) is 20.3. The molecule has 0 heterocycles. The summed E-state index contributed by atoms with van der Waals surface area (Å²) in [5, 5.41) is 0. The van der Waals surface area contributed by atoms with Gasteiger partial charge in [-0.1, -0.05) is 58.3 Å². The van der Waals surface area contributed by atoms with Crippen molar-refractivity contribution in [3.8, 4) is 0 Å². The lowest BCUT2D eigenvalue weighted by Crippen LogP contribution is -2.10. The summed E-state index contributed by atoms with van der Waals surface area (Å²) in [7, 11) is -2.97. The standard InChI is InChI=1S/C13H28NO5P/c1-3-4-5-6-7-8-9-10-11-12-13(15)18-20(16,17)19-14-2/h14H,3-12H2,1-2H3,(H,16,17). The van der Waals surface area contributed by atoms with E-state index in [1.165, 1.54) is 45.6 Å². The smallest absolute Gasteiger partial charge is 0.370 e. The minimum atomic E-state index is -4.29. The molecule has 0 saturated heterocycles. The Hall–Kier alpha value is -0.420. The monoisotopic (exact) mass is 309 g/mol. The van der Waals surface area contributed by atoms with E-state index in [4.69, 9.17) is 4.89 Å². The summed E-state index contributed by atoms with van der Waals surface area (Å²) in [6.45, 7) is 2.20. The minimum absolute atomic E-state index is 0.146. The number of carbonyl (C=O) groups excluding carboxylic acids is 1. The fraction of sp³-hybridized carbons (Fsp3) is 0.923. The van der Waals surface area contributed by atoms with Crippen LogP contribution in [0.15, 0.2) is 0 Å². The Balaban J connectivity index is 3.42. The van der Waals surface area contributed by atoms with E-state index < -0.39 is 13.8 Å². The molecule has 1 unspecified atom stereocenters. The van der Waals surface area contributed by atoms with Crippen LogP contribution in [0.3, 0.4) is 0 Å². The molecule has 1 atom stereocenters. The van der Waals surface area contributed by atoms with Crippen molar-refractivity contribution >= 4 is 13.8 Å². The van der Waals surface area contributed by atoms with Crippen LogP contribution in [0.1, 0.15) is 71.1 Å². The van der Waals surface area contributed by atoms with E-state index in [9.17, 15) is 9.36 Å². The average molecular weight is 309 g/mol. The van der Waals surface area contributed by atoms with Gasteiger partial charge < -0.3 is 4.52 Å². The van der Waals surface area contributed by atoms with E-state index in [-0.39, 0.29) is 6.42 Å². The van der Waals surface area contributed by atoms with Crippen molar-refractivity contribution in [3.63, 3.8) is 0 Å². The van der Waals surface area contributed by atoms with Crippen molar-refractivity contribution in [1.29, 1.82) is 0 Å². The van der Waals surface area contributed by atoms with Gasteiger partial charge in [-0.15, -0.1) is 0 Å². The lowest BCUT2D eigenvalue weighted by Gasteiger charge is -2.09. The molecule has 0 aromatic carbocycles. The Morgan fingerprint density at radius 2 is 1.55 bits per heavy atom. The first-order valence-electron chi connectivity index (χ1n) is 7.42. The highest BCUT2D eigenvalue weighted by atomic mass is 31.2. The molecule has 120 valence electrons. The Labute approximate surface area is 121 Å². The number of hydrogen-bond donors (Lipinski definition) is 2. The average Bonchev–Trinajstić information content (AvgIpc) is 2.36. The summed E-state index contributed by atoms with van der Waals surface area (Å²) >= 11 is 0. The van der Waals surface area contributed by atoms with Gasteiger partial charge in [-0.25, -0.2) is 4.57 Å². The first kappa shape index (κ1) is 19.6. The van der Waals surface area contributed by atoms with Gasteiger partial charge in [0, 0.05) is 13.5 Å². The number of phosphoric acid groups is 1. The van der Waals surface area contributed by atoms with E-state index in [0.717, 1.165) is 12.8 Å². The zero-order chi connectivity index (χ0) is 15.3. The summed E-state index contributed by atoms with van der Waals surface area (Å²) < 4.78 is 19.7. The molecule has 0 rings (SSSR count). The minimum Gasteiger partial charge on any atom is -0.370 e. The Morgan fingerprint density at radius 1 is 1.05 bits per heavy atom. The molecule has 0 fully saturated rings. The summed E-state index contributed by atoms with van der Waals surface area (Å²) in [6, 6.07) is 0. The van der Waals surface area contributed by atoms with Crippen molar-refractivity contribution in [2.45, 2.75) is 71.1 Å². The van der Waals surface area contributed by atoms with Gasteiger partial charge in [-0.2, -0.15) is 10.1 Å². The van der Waals surface area contributed by atoms with Gasteiger partial charge in [0.15, 0.2) is 0 Å². The van der Waals surface area contributed by atoms with E-state index >= 15 is 0 Å². The number of carbonyl (C=O) groups is 1. The fourth-order valence-corrected chi connectivity index (χ4v) is 2.50. The first-order chi connectivity index (χ1) is 9.52. The van der Waals surface area contributed by atoms with Gasteiger partial charge >= 0.3 is 13.8 Å². The Bertz CT molecular complexity index is 298. The number of nitrogens with one attached hydrogen (secondary N) is 1. The number of rotatable bonds is 13. The van der Waals surface area contributed by atoms with Crippen molar-refractivity contribution in [2.75, 3.05) is 7.05 Å². The van der Waals surface area contributed by atoms with E-state index in [1.54, 1.807) is 0 Å². The first-order valence-corrected chi connectivity index (χ1v) is 8.92. The molecule has 0 bridgehead atoms. The van der Waals surface area contributed by atoms with Crippen molar-refractivity contribution in [3.05, 3.63) is 0 Å². The second-order valence-electron chi connectivity index (χ2n) is 4.81. The van der Waals surface area contributed by atoms with Crippen molar-refractivity contribution in [2.24, 2.45) is 0 Å². The number of phosphoric ester groups is 1. The maximum absolute atomic E-state index is 11.3. The van der Waals surface area contributed by atoms with Gasteiger partial charge in [-0.3, -0.25) is 9.69 Å². The molecule has 0 aromatic rings. The molecule has 20 heavy (non-hydrogen) atoms. The molecule has 0 aliphatic carbocycles. The molecule has 0 aliphatic heterocycles. The van der Waals surface area contributed by atoms with Crippen LogP contribution in [0, 0.1) is 0 Å². The van der Waals surface area contributed by atoms with Crippen molar-refractivity contribution < 1.29 is 23.4 Å². The third-order valence-corrected chi connectivity index (χ3v) is 3.76. The van der Waals surface area contributed by atoms with Crippen LogP contribution in [0.5, 0.6) is 0 Å². The normalized spacial score (nSPS) is 13.9. The lowest BCUT2D eigenvalue weighted by molar-refractivity contribution is -0.136. The Kier molecular flexibility index (Phi) is 12.1. The topological polar surface area (TPSA) is 84.9 Å². The summed E-state index contributed by atoms with van der Waals surface area (Å²) in [5.74, 6) is -0.700. The molecule has 6 nitrogen and oxygen atoms in total. The highest BCUT2D eigenvalue weighted by Crippen LogP contribution is 2.42. The second-order valence-corrected chi connectivity index (χ2v) is 6.11. The van der Waals surface area contributed by atoms with Crippen LogP contribution in [-0.4, -0.2) is 17.9 Å². The van der Waals surface area contributed by atoms with Crippen LogP contribution in [-0.2, 0) is 18.5 Å². The van der Waals surface area contributed by atoms with E-state index in [2.05, 4.69) is 16.1 Å². The number of hydrogen-bond acceptors (Lipinski definition) is 5. The zero-order valence-corrected chi connectivity index (χ0v) is 13.5. The molecular weight excluding hydrogens is 281 g/mol. The molecule has 0 aromatic heterocycles. The highest BCUT2D eigenvalue weighted by molar-refractivity contribution is 7.47. The quantitative estimate of drug-likeness (QED) is 0.306. The number of hydroxylamine groups is 1. The molecule has 0 aliphatic rings.